The minimum absolute atomic E-state index is 0.00599. The molecule has 0 saturated heterocycles. The number of hydrogen-bond acceptors (Lipinski definition) is 3. The third-order valence-corrected chi connectivity index (χ3v) is 3.44. The van der Waals surface area contributed by atoms with Gasteiger partial charge in [0.1, 0.15) is 11.6 Å². The Hall–Kier alpha value is -1.30. The Bertz CT molecular complexity index is 389. The Morgan fingerprint density at radius 2 is 1.94 bits per heavy atom. The summed E-state index contributed by atoms with van der Waals surface area (Å²) in [6, 6.07) is 2.03. The van der Waals surface area contributed by atoms with Crippen LogP contribution in [0.4, 0.5) is 14.5 Å². The molecule has 0 aliphatic carbocycles. The smallest absolute Gasteiger partial charge is 0.230 e. The van der Waals surface area contributed by atoms with Crippen molar-refractivity contribution in [3.8, 4) is 0 Å². The number of rotatable bonds is 4. The first-order valence-electron chi connectivity index (χ1n) is 4.66. The molecule has 1 rings (SSSR count). The van der Waals surface area contributed by atoms with Gasteiger partial charge in [0.05, 0.1) is 10.1 Å². The highest BCUT2D eigenvalue weighted by Crippen LogP contribution is 2.31. The third kappa shape index (κ3) is 2.85. The van der Waals surface area contributed by atoms with Crippen molar-refractivity contribution in [2.24, 2.45) is 5.73 Å². The summed E-state index contributed by atoms with van der Waals surface area (Å²) in [6.45, 7) is 1.72. The summed E-state index contributed by atoms with van der Waals surface area (Å²) in [7, 11) is 0. The molecule has 0 bridgehead atoms. The number of carbonyl (C=O) groups excluding carboxylic acids is 1. The van der Waals surface area contributed by atoms with Crippen molar-refractivity contribution in [2.45, 2.75) is 23.5 Å². The SMILES string of the molecule is CCC(Sc1c(F)cc(N)cc1F)C(N)=O. The van der Waals surface area contributed by atoms with E-state index in [1.807, 2.05) is 0 Å². The van der Waals surface area contributed by atoms with E-state index in [1.54, 1.807) is 6.92 Å². The molecule has 0 radical (unpaired) electrons. The zero-order valence-corrected chi connectivity index (χ0v) is 9.48. The topological polar surface area (TPSA) is 69.1 Å². The van der Waals surface area contributed by atoms with Crippen molar-refractivity contribution < 1.29 is 13.6 Å². The molecule has 0 saturated carbocycles. The number of primary amides is 1. The van der Waals surface area contributed by atoms with E-state index in [0.29, 0.717) is 6.42 Å². The predicted octanol–water partition coefficient (Wildman–Crippen LogP) is 1.90. The maximum absolute atomic E-state index is 13.4. The number of nitrogen functional groups attached to an aromatic ring is 1. The van der Waals surface area contributed by atoms with E-state index in [9.17, 15) is 13.6 Å². The molecule has 1 atom stereocenters. The highest BCUT2D eigenvalue weighted by Gasteiger charge is 2.20. The van der Waals surface area contributed by atoms with Crippen LogP contribution in [-0.2, 0) is 4.79 Å². The van der Waals surface area contributed by atoms with Crippen LogP contribution in [0.3, 0.4) is 0 Å². The Balaban J connectivity index is 3.01. The first-order valence-corrected chi connectivity index (χ1v) is 5.54. The molecule has 0 heterocycles. The molecule has 1 aromatic carbocycles. The maximum Gasteiger partial charge on any atom is 0.230 e. The fourth-order valence-corrected chi connectivity index (χ4v) is 2.09. The van der Waals surface area contributed by atoms with Crippen molar-refractivity contribution in [3.63, 3.8) is 0 Å². The number of nitrogens with two attached hydrogens (primary N) is 2. The lowest BCUT2D eigenvalue weighted by Crippen LogP contribution is -2.25. The quantitative estimate of drug-likeness (QED) is 0.629. The van der Waals surface area contributed by atoms with Crippen LogP contribution in [0.2, 0.25) is 0 Å². The van der Waals surface area contributed by atoms with Crippen LogP contribution in [0, 0.1) is 11.6 Å². The molecule has 0 aromatic heterocycles. The van der Waals surface area contributed by atoms with Crippen LogP contribution in [0.25, 0.3) is 0 Å². The van der Waals surface area contributed by atoms with Crippen molar-refractivity contribution in [2.75, 3.05) is 5.73 Å². The molecule has 1 unspecified atom stereocenters. The Morgan fingerprint density at radius 3 is 2.31 bits per heavy atom. The first kappa shape index (κ1) is 12.8. The van der Waals surface area contributed by atoms with Crippen LogP contribution < -0.4 is 11.5 Å². The van der Waals surface area contributed by atoms with Crippen LogP contribution >= 0.6 is 11.8 Å². The van der Waals surface area contributed by atoms with Gasteiger partial charge in [-0.3, -0.25) is 4.79 Å². The van der Waals surface area contributed by atoms with Crippen molar-refractivity contribution in [1.82, 2.24) is 0 Å². The number of hydrogen-bond donors (Lipinski definition) is 2. The van der Waals surface area contributed by atoms with Crippen LogP contribution in [0.15, 0.2) is 17.0 Å². The van der Waals surface area contributed by atoms with E-state index in [-0.39, 0.29) is 10.6 Å². The second-order valence-corrected chi connectivity index (χ2v) is 4.44. The molecule has 1 aromatic rings. The van der Waals surface area contributed by atoms with Crippen molar-refractivity contribution in [3.05, 3.63) is 23.8 Å². The van der Waals surface area contributed by atoms with Gasteiger partial charge < -0.3 is 11.5 Å². The fourth-order valence-electron chi connectivity index (χ4n) is 1.18. The van der Waals surface area contributed by atoms with E-state index in [1.165, 1.54) is 0 Å². The van der Waals surface area contributed by atoms with Gasteiger partial charge in [-0.05, 0) is 18.6 Å². The third-order valence-electron chi connectivity index (χ3n) is 1.97. The van der Waals surface area contributed by atoms with Gasteiger partial charge in [-0.25, -0.2) is 8.78 Å². The summed E-state index contributed by atoms with van der Waals surface area (Å²) in [5, 5.41) is -0.646. The monoisotopic (exact) mass is 246 g/mol. The first-order chi connectivity index (χ1) is 7.45. The molecule has 1 amide bonds. The molecule has 16 heavy (non-hydrogen) atoms. The largest absolute Gasteiger partial charge is 0.399 e. The molecule has 6 heteroatoms. The van der Waals surface area contributed by atoms with Gasteiger partial charge in [0.15, 0.2) is 0 Å². The second-order valence-electron chi connectivity index (χ2n) is 3.23. The summed E-state index contributed by atoms with van der Waals surface area (Å²) in [6.07, 6.45) is 0.406. The van der Waals surface area contributed by atoms with Gasteiger partial charge >= 0.3 is 0 Å². The van der Waals surface area contributed by atoms with Crippen molar-refractivity contribution >= 4 is 23.4 Å². The van der Waals surface area contributed by atoms with Crippen LogP contribution in [0.1, 0.15) is 13.3 Å². The van der Waals surface area contributed by atoms with E-state index < -0.39 is 22.8 Å². The molecule has 88 valence electrons. The van der Waals surface area contributed by atoms with Gasteiger partial charge in [-0.1, -0.05) is 6.92 Å². The molecule has 0 aliphatic heterocycles. The summed E-state index contributed by atoms with van der Waals surface area (Å²) < 4.78 is 26.8. The van der Waals surface area contributed by atoms with E-state index in [4.69, 9.17) is 11.5 Å². The van der Waals surface area contributed by atoms with Gasteiger partial charge in [0.2, 0.25) is 5.91 Å². The average molecular weight is 246 g/mol. The second kappa shape index (κ2) is 5.16. The normalized spacial score (nSPS) is 12.4. The highest BCUT2D eigenvalue weighted by molar-refractivity contribution is 8.00. The lowest BCUT2D eigenvalue weighted by Gasteiger charge is -2.12. The number of anilines is 1. The number of benzene rings is 1. The number of halogens is 2. The Kier molecular flexibility index (Phi) is 4.12. The minimum atomic E-state index is -0.776. The lowest BCUT2D eigenvalue weighted by atomic mass is 10.3. The Morgan fingerprint density at radius 1 is 1.44 bits per heavy atom. The summed E-state index contributed by atoms with van der Waals surface area (Å²) in [5.74, 6) is -2.15. The highest BCUT2D eigenvalue weighted by atomic mass is 32.2. The lowest BCUT2D eigenvalue weighted by molar-refractivity contribution is -0.117. The van der Waals surface area contributed by atoms with E-state index >= 15 is 0 Å². The van der Waals surface area contributed by atoms with Gasteiger partial charge in [0, 0.05) is 5.69 Å². The molecular formula is C10H12F2N2OS. The molecule has 3 nitrogen and oxygen atoms in total. The van der Waals surface area contributed by atoms with Crippen molar-refractivity contribution in [1.29, 1.82) is 0 Å². The zero-order valence-electron chi connectivity index (χ0n) is 8.67. The van der Waals surface area contributed by atoms with Crippen LogP contribution in [-0.4, -0.2) is 11.2 Å². The molecular weight excluding hydrogens is 234 g/mol. The number of thioether (sulfide) groups is 1. The van der Waals surface area contributed by atoms with E-state index in [2.05, 4.69) is 0 Å². The number of amides is 1. The molecule has 0 fully saturated rings. The zero-order chi connectivity index (χ0) is 12.3. The fraction of sp³-hybridized carbons (Fsp3) is 0.300. The van der Waals surface area contributed by atoms with Gasteiger partial charge in [-0.2, -0.15) is 0 Å². The molecule has 0 aliphatic rings. The summed E-state index contributed by atoms with van der Waals surface area (Å²) in [5.41, 5.74) is 10.4. The molecule has 0 spiro atoms. The summed E-state index contributed by atoms with van der Waals surface area (Å²) in [4.78, 5) is 10.7. The standard InChI is InChI=1S/C10H12F2N2OS/c1-2-8(10(14)15)16-9-6(11)3-5(13)4-7(9)12/h3-4,8H,2,13H2,1H3,(H2,14,15). The van der Waals surface area contributed by atoms with Gasteiger partial charge in [-0.15, -0.1) is 11.8 Å². The average Bonchev–Trinajstić information content (AvgIpc) is 2.15. The van der Waals surface area contributed by atoms with Gasteiger partial charge in [0.25, 0.3) is 0 Å². The maximum atomic E-state index is 13.4. The van der Waals surface area contributed by atoms with E-state index in [0.717, 1.165) is 23.9 Å². The predicted molar refractivity (Wildman–Crippen MR) is 59.9 cm³/mol. The minimum Gasteiger partial charge on any atom is -0.399 e. The summed E-state index contributed by atoms with van der Waals surface area (Å²) >= 11 is 0.779. The molecule has 4 N–H and O–H groups in total. The van der Waals surface area contributed by atoms with Crippen LogP contribution in [0.5, 0.6) is 0 Å². The Labute approximate surface area is 96.2 Å². The number of carbonyl (C=O) groups is 1.